The van der Waals surface area contributed by atoms with E-state index in [1.54, 1.807) is 6.07 Å². The lowest BCUT2D eigenvalue weighted by molar-refractivity contribution is 0.0303. The number of nitrogens with zero attached hydrogens (tertiary/aromatic N) is 4. The number of amides is 2. The van der Waals surface area contributed by atoms with Crippen LogP contribution in [0.2, 0.25) is 0 Å². The summed E-state index contributed by atoms with van der Waals surface area (Å²) in [5, 5.41) is 3.89. The first-order chi connectivity index (χ1) is 20.5. The van der Waals surface area contributed by atoms with E-state index in [2.05, 4.69) is 25.3 Å². The van der Waals surface area contributed by atoms with E-state index in [1.807, 2.05) is 72.6 Å². The van der Waals surface area contributed by atoms with Gasteiger partial charge in [0.25, 0.3) is 11.8 Å². The van der Waals surface area contributed by atoms with Crippen molar-refractivity contribution < 1.29 is 14.3 Å². The Kier molecular flexibility index (Phi) is 6.71. The number of morpholine rings is 1. The van der Waals surface area contributed by atoms with Crippen LogP contribution in [0, 0.1) is 6.92 Å². The number of anilines is 1. The molecule has 2 N–H and O–H groups in total. The number of rotatable bonds is 6. The molecule has 7 rings (SSSR count). The third-order valence-electron chi connectivity index (χ3n) is 8.07. The number of carbonyl (C=O) groups is 2. The molecule has 2 aromatic carbocycles. The zero-order chi connectivity index (χ0) is 28.6. The van der Waals surface area contributed by atoms with E-state index < -0.39 is 0 Å². The summed E-state index contributed by atoms with van der Waals surface area (Å²) in [6.45, 7) is 4.34. The van der Waals surface area contributed by atoms with Gasteiger partial charge in [-0.3, -0.25) is 14.6 Å². The lowest BCUT2D eigenvalue weighted by Crippen LogP contribution is -2.40. The maximum Gasteiger partial charge on any atom is 0.274 e. The molecule has 5 aromatic rings. The van der Waals surface area contributed by atoms with E-state index in [-0.39, 0.29) is 11.8 Å². The summed E-state index contributed by atoms with van der Waals surface area (Å²) < 4.78 is 5.36. The van der Waals surface area contributed by atoms with Crippen molar-refractivity contribution in [3.05, 3.63) is 95.6 Å². The zero-order valence-corrected chi connectivity index (χ0v) is 23.3. The minimum absolute atomic E-state index is 0.0168. The summed E-state index contributed by atoms with van der Waals surface area (Å²) in [7, 11) is 0. The number of fused-ring (bicyclic) bond motifs is 1. The van der Waals surface area contributed by atoms with Crippen molar-refractivity contribution in [3.8, 4) is 22.5 Å². The molecule has 0 radical (unpaired) electrons. The molecule has 9 heteroatoms. The van der Waals surface area contributed by atoms with Crippen LogP contribution in [-0.2, 0) is 4.74 Å². The van der Waals surface area contributed by atoms with Gasteiger partial charge in [-0.1, -0.05) is 30.3 Å². The Balaban J connectivity index is 1.14. The fourth-order valence-electron chi connectivity index (χ4n) is 5.46. The molecule has 1 saturated carbocycles. The van der Waals surface area contributed by atoms with Crippen molar-refractivity contribution in [1.82, 2.24) is 24.8 Å². The molecular weight excluding hydrogens is 528 g/mol. The molecule has 2 amide bonds. The van der Waals surface area contributed by atoms with E-state index in [4.69, 9.17) is 4.74 Å². The van der Waals surface area contributed by atoms with E-state index in [1.165, 1.54) is 24.7 Å². The predicted molar refractivity (Wildman–Crippen MR) is 160 cm³/mol. The van der Waals surface area contributed by atoms with Crippen LogP contribution in [0.1, 0.15) is 50.7 Å². The largest absolute Gasteiger partial charge is 0.378 e. The SMILES string of the molecule is Cc1c(NC(=O)c2ccc(C3CC3)cn2)cccc1-c1ncnc2[nH]c(-c3ccc(C(=O)N4CCOCC4)cc3)cc12. The molecule has 1 aliphatic carbocycles. The number of aromatic amines is 1. The van der Waals surface area contributed by atoms with Gasteiger partial charge >= 0.3 is 0 Å². The molecule has 0 spiro atoms. The van der Waals surface area contributed by atoms with Crippen molar-refractivity contribution in [2.24, 2.45) is 0 Å². The fraction of sp³-hybridized carbons (Fsp3) is 0.242. The Hall–Kier alpha value is -4.89. The minimum atomic E-state index is -0.245. The molecule has 4 heterocycles. The molecule has 0 unspecified atom stereocenters. The lowest BCUT2D eigenvalue weighted by atomic mass is 10.0. The number of H-pyrrole nitrogens is 1. The van der Waals surface area contributed by atoms with Gasteiger partial charge in [-0.05, 0) is 72.7 Å². The summed E-state index contributed by atoms with van der Waals surface area (Å²) >= 11 is 0. The topological polar surface area (TPSA) is 113 Å². The number of ether oxygens (including phenoxy) is 1. The van der Waals surface area contributed by atoms with Gasteiger partial charge in [0.1, 0.15) is 17.7 Å². The number of pyridine rings is 1. The smallest absolute Gasteiger partial charge is 0.274 e. The standard InChI is InChI=1S/C33H30N6O3/c1-20-25(3-2-4-27(20)38-32(40)28-12-11-24(18-34-28)21-5-6-21)30-26-17-29(37-31(26)36-19-35-30)22-7-9-23(10-8-22)33(41)39-13-15-42-16-14-39/h2-4,7-12,17-19,21H,5-6,13-16H2,1H3,(H,38,40)(H,35,36,37). The molecular formula is C33H30N6O3. The van der Waals surface area contributed by atoms with Gasteiger partial charge in [0.2, 0.25) is 0 Å². The summed E-state index contributed by atoms with van der Waals surface area (Å²) in [6, 6.07) is 19.2. The first kappa shape index (κ1) is 26.0. The van der Waals surface area contributed by atoms with Crippen molar-refractivity contribution in [2.75, 3.05) is 31.6 Å². The highest BCUT2D eigenvalue weighted by atomic mass is 16.5. The molecule has 2 fully saturated rings. The number of nitrogens with one attached hydrogen (secondary N) is 2. The lowest BCUT2D eigenvalue weighted by Gasteiger charge is -2.26. The van der Waals surface area contributed by atoms with E-state index in [0.717, 1.165) is 33.5 Å². The Bertz CT molecular complexity index is 1790. The van der Waals surface area contributed by atoms with E-state index >= 15 is 0 Å². The van der Waals surface area contributed by atoms with Crippen LogP contribution in [0.5, 0.6) is 0 Å². The van der Waals surface area contributed by atoms with Crippen LogP contribution in [0.15, 0.2) is 73.2 Å². The molecule has 2 aliphatic rings. The highest BCUT2D eigenvalue weighted by molar-refractivity contribution is 6.04. The average molecular weight is 559 g/mol. The molecule has 1 saturated heterocycles. The van der Waals surface area contributed by atoms with Crippen molar-refractivity contribution in [2.45, 2.75) is 25.7 Å². The Morgan fingerprint density at radius 2 is 1.79 bits per heavy atom. The number of hydrogen-bond donors (Lipinski definition) is 2. The van der Waals surface area contributed by atoms with Crippen molar-refractivity contribution in [1.29, 1.82) is 0 Å². The zero-order valence-electron chi connectivity index (χ0n) is 23.3. The van der Waals surface area contributed by atoms with Crippen LogP contribution in [0.25, 0.3) is 33.5 Å². The molecule has 1 aliphatic heterocycles. The van der Waals surface area contributed by atoms with Crippen LogP contribution in [0.4, 0.5) is 5.69 Å². The number of carbonyl (C=O) groups excluding carboxylic acids is 2. The second kappa shape index (κ2) is 10.8. The molecule has 0 bridgehead atoms. The van der Waals surface area contributed by atoms with Crippen molar-refractivity contribution in [3.63, 3.8) is 0 Å². The van der Waals surface area contributed by atoms with Gasteiger partial charge in [0.15, 0.2) is 0 Å². The fourth-order valence-corrected chi connectivity index (χ4v) is 5.46. The maximum absolute atomic E-state index is 13.0. The molecule has 42 heavy (non-hydrogen) atoms. The van der Waals surface area contributed by atoms with E-state index in [0.29, 0.717) is 54.8 Å². The van der Waals surface area contributed by atoms with Crippen LogP contribution in [0.3, 0.4) is 0 Å². The molecule has 0 atom stereocenters. The maximum atomic E-state index is 13.0. The normalized spacial score (nSPS) is 15.1. The molecule has 3 aromatic heterocycles. The van der Waals surface area contributed by atoms with Gasteiger partial charge in [-0.15, -0.1) is 0 Å². The van der Waals surface area contributed by atoms with Gasteiger partial charge in [-0.2, -0.15) is 0 Å². The highest BCUT2D eigenvalue weighted by Crippen LogP contribution is 2.39. The summed E-state index contributed by atoms with van der Waals surface area (Å²) in [4.78, 5) is 44.6. The number of benzene rings is 2. The van der Waals surface area contributed by atoms with Gasteiger partial charge < -0.3 is 19.9 Å². The first-order valence-electron chi connectivity index (χ1n) is 14.2. The van der Waals surface area contributed by atoms with Crippen LogP contribution >= 0.6 is 0 Å². The Labute approximate surface area is 243 Å². The third kappa shape index (κ3) is 5.03. The van der Waals surface area contributed by atoms with Gasteiger partial charge in [0, 0.05) is 47.2 Å². The van der Waals surface area contributed by atoms with Gasteiger partial charge in [-0.25, -0.2) is 9.97 Å². The first-order valence-corrected chi connectivity index (χ1v) is 14.2. The third-order valence-corrected chi connectivity index (χ3v) is 8.07. The Morgan fingerprint density at radius 3 is 2.52 bits per heavy atom. The van der Waals surface area contributed by atoms with Crippen LogP contribution < -0.4 is 5.32 Å². The molecule has 210 valence electrons. The summed E-state index contributed by atoms with van der Waals surface area (Å²) in [5.41, 5.74) is 8.02. The second-order valence-corrected chi connectivity index (χ2v) is 10.8. The number of aromatic nitrogens is 4. The minimum Gasteiger partial charge on any atom is -0.378 e. The van der Waals surface area contributed by atoms with Crippen molar-refractivity contribution >= 4 is 28.5 Å². The van der Waals surface area contributed by atoms with Crippen LogP contribution in [-0.4, -0.2) is 63.0 Å². The second-order valence-electron chi connectivity index (χ2n) is 10.8. The number of hydrogen-bond acceptors (Lipinski definition) is 6. The summed E-state index contributed by atoms with van der Waals surface area (Å²) in [6.07, 6.45) is 5.74. The summed E-state index contributed by atoms with van der Waals surface area (Å²) in [5.74, 6) is 0.365. The Morgan fingerprint density at radius 1 is 0.976 bits per heavy atom. The molecule has 9 nitrogen and oxygen atoms in total. The average Bonchev–Trinajstić information content (AvgIpc) is 3.80. The van der Waals surface area contributed by atoms with Gasteiger partial charge in [0.05, 0.1) is 18.9 Å². The highest BCUT2D eigenvalue weighted by Gasteiger charge is 2.24. The monoisotopic (exact) mass is 558 g/mol. The van der Waals surface area contributed by atoms with E-state index in [9.17, 15) is 9.59 Å². The quantitative estimate of drug-likeness (QED) is 0.281. The predicted octanol–water partition coefficient (Wildman–Crippen LogP) is 5.60.